The molecule has 2 aromatic rings. The predicted octanol–water partition coefficient (Wildman–Crippen LogP) is 2.70. The van der Waals surface area contributed by atoms with Crippen LogP contribution in [0.3, 0.4) is 0 Å². The summed E-state index contributed by atoms with van der Waals surface area (Å²) in [7, 11) is 0. The van der Waals surface area contributed by atoms with Gasteiger partial charge in [0.1, 0.15) is 5.69 Å². The molecule has 1 aromatic heterocycles. The first-order valence-electron chi connectivity index (χ1n) is 6.88. The van der Waals surface area contributed by atoms with Crippen molar-refractivity contribution >= 4 is 0 Å². The maximum atomic E-state index is 4.20. The summed E-state index contributed by atoms with van der Waals surface area (Å²) in [6, 6.07) is 8.83. The number of hydrogen-bond donors (Lipinski definition) is 2. The maximum Gasteiger partial charge on any atom is 0.104 e. The topological polar surface area (TPSA) is 53.6 Å². The van der Waals surface area contributed by atoms with E-state index < -0.39 is 0 Å². The molecule has 1 atom stereocenters. The normalized spacial score (nSPS) is 12.8. The van der Waals surface area contributed by atoms with Crippen molar-refractivity contribution in [1.29, 1.82) is 0 Å². The summed E-state index contributed by atoms with van der Waals surface area (Å²) in [5.74, 6) is 0.667. The molecule has 2 N–H and O–H groups in total. The highest BCUT2D eigenvalue weighted by Crippen LogP contribution is 2.21. The molecule has 1 heterocycles. The van der Waals surface area contributed by atoms with Crippen molar-refractivity contribution in [1.82, 2.24) is 20.7 Å². The molecule has 19 heavy (non-hydrogen) atoms. The van der Waals surface area contributed by atoms with Crippen LogP contribution in [0.2, 0.25) is 0 Å². The van der Waals surface area contributed by atoms with Crippen LogP contribution >= 0.6 is 0 Å². The molecule has 2 rings (SSSR count). The molecular weight excluding hydrogens is 236 g/mol. The molecule has 0 saturated heterocycles. The summed E-state index contributed by atoms with van der Waals surface area (Å²) in [6.45, 7) is 7.48. The summed E-state index contributed by atoms with van der Waals surface area (Å²) in [4.78, 5) is 0. The van der Waals surface area contributed by atoms with Gasteiger partial charge in [-0.2, -0.15) is 15.4 Å². The van der Waals surface area contributed by atoms with Gasteiger partial charge in [0.15, 0.2) is 0 Å². The van der Waals surface area contributed by atoms with Crippen molar-refractivity contribution in [3.8, 4) is 0 Å². The van der Waals surface area contributed by atoms with Gasteiger partial charge in [-0.25, -0.2) is 0 Å². The lowest BCUT2D eigenvalue weighted by Crippen LogP contribution is -2.22. The average molecular weight is 258 g/mol. The molecule has 0 radical (unpaired) electrons. The van der Waals surface area contributed by atoms with E-state index >= 15 is 0 Å². The number of nitrogens with one attached hydrogen (secondary N) is 2. The average Bonchev–Trinajstić information content (AvgIpc) is 2.89. The fraction of sp³-hybridized carbons (Fsp3) is 0.467. The maximum absolute atomic E-state index is 4.20. The van der Waals surface area contributed by atoms with Gasteiger partial charge in [-0.15, -0.1) is 0 Å². The summed E-state index contributed by atoms with van der Waals surface area (Å²) in [5, 5.41) is 14.3. The number of nitrogens with zero attached hydrogens (tertiary/aromatic N) is 2. The Hall–Kier alpha value is -1.68. The van der Waals surface area contributed by atoms with E-state index in [1.165, 1.54) is 11.1 Å². The third-order valence-electron chi connectivity index (χ3n) is 3.07. The Morgan fingerprint density at radius 3 is 2.79 bits per heavy atom. The van der Waals surface area contributed by atoms with Gasteiger partial charge >= 0.3 is 0 Å². The molecule has 0 bridgehead atoms. The highest BCUT2D eigenvalue weighted by molar-refractivity contribution is 5.30. The molecule has 4 nitrogen and oxygen atoms in total. The number of aromatic nitrogens is 3. The van der Waals surface area contributed by atoms with E-state index in [9.17, 15) is 0 Å². The van der Waals surface area contributed by atoms with Crippen LogP contribution in [0, 0.1) is 5.92 Å². The number of aromatic amines is 1. The summed E-state index contributed by atoms with van der Waals surface area (Å²) in [6.07, 6.45) is 2.88. The SMILES string of the molecule is CCNC(c1cccc(CC(C)C)c1)c1cn[nH]n1. The quantitative estimate of drug-likeness (QED) is 0.837. The monoisotopic (exact) mass is 258 g/mol. The highest BCUT2D eigenvalue weighted by Gasteiger charge is 2.15. The molecule has 102 valence electrons. The molecule has 0 aliphatic heterocycles. The lowest BCUT2D eigenvalue weighted by atomic mass is 9.97. The summed E-state index contributed by atoms with van der Waals surface area (Å²) in [5.41, 5.74) is 3.55. The Balaban J connectivity index is 2.26. The third kappa shape index (κ3) is 3.64. The highest BCUT2D eigenvalue weighted by atomic mass is 15.3. The Kier molecular flexibility index (Phi) is 4.68. The Morgan fingerprint density at radius 1 is 1.32 bits per heavy atom. The third-order valence-corrected chi connectivity index (χ3v) is 3.07. The van der Waals surface area contributed by atoms with Crippen molar-refractivity contribution in [2.75, 3.05) is 6.54 Å². The minimum Gasteiger partial charge on any atom is -0.305 e. The molecule has 0 spiro atoms. The molecule has 0 saturated carbocycles. The largest absolute Gasteiger partial charge is 0.305 e. The van der Waals surface area contributed by atoms with Gasteiger partial charge in [0, 0.05) is 0 Å². The molecule has 0 aliphatic carbocycles. The Bertz CT molecular complexity index is 491. The Morgan fingerprint density at radius 2 is 2.16 bits per heavy atom. The lowest BCUT2D eigenvalue weighted by Gasteiger charge is -2.17. The number of H-pyrrole nitrogens is 1. The first-order chi connectivity index (χ1) is 9.20. The van der Waals surface area contributed by atoms with E-state index in [2.05, 4.69) is 65.8 Å². The summed E-state index contributed by atoms with van der Waals surface area (Å²) >= 11 is 0. The van der Waals surface area contributed by atoms with E-state index in [4.69, 9.17) is 0 Å². The fourth-order valence-electron chi connectivity index (χ4n) is 2.32. The van der Waals surface area contributed by atoms with Crippen molar-refractivity contribution < 1.29 is 0 Å². The van der Waals surface area contributed by atoms with Crippen LogP contribution < -0.4 is 5.32 Å². The minimum atomic E-state index is 0.107. The smallest absolute Gasteiger partial charge is 0.104 e. The molecular formula is C15H22N4. The fourth-order valence-corrected chi connectivity index (χ4v) is 2.32. The van der Waals surface area contributed by atoms with Crippen LogP contribution in [-0.4, -0.2) is 22.0 Å². The molecule has 1 aromatic carbocycles. The number of hydrogen-bond acceptors (Lipinski definition) is 3. The predicted molar refractivity (Wildman–Crippen MR) is 76.9 cm³/mol. The van der Waals surface area contributed by atoms with Gasteiger partial charge in [-0.3, -0.25) is 0 Å². The molecule has 0 amide bonds. The number of benzene rings is 1. The zero-order valence-electron chi connectivity index (χ0n) is 11.9. The van der Waals surface area contributed by atoms with Gasteiger partial charge in [0.2, 0.25) is 0 Å². The van der Waals surface area contributed by atoms with Crippen LogP contribution in [0.5, 0.6) is 0 Å². The zero-order valence-corrected chi connectivity index (χ0v) is 11.9. The van der Waals surface area contributed by atoms with Crippen LogP contribution in [-0.2, 0) is 6.42 Å². The van der Waals surface area contributed by atoms with E-state index in [1.54, 1.807) is 6.20 Å². The van der Waals surface area contributed by atoms with Crippen LogP contribution in [0.25, 0.3) is 0 Å². The van der Waals surface area contributed by atoms with Gasteiger partial charge < -0.3 is 5.32 Å². The van der Waals surface area contributed by atoms with E-state index in [-0.39, 0.29) is 6.04 Å². The first-order valence-corrected chi connectivity index (χ1v) is 6.88. The van der Waals surface area contributed by atoms with Crippen molar-refractivity contribution in [2.24, 2.45) is 5.92 Å². The van der Waals surface area contributed by atoms with E-state index in [1.807, 2.05) is 0 Å². The summed E-state index contributed by atoms with van der Waals surface area (Å²) < 4.78 is 0. The van der Waals surface area contributed by atoms with Gasteiger partial charge in [-0.1, -0.05) is 45.0 Å². The van der Waals surface area contributed by atoms with E-state index in [0.717, 1.165) is 18.7 Å². The zero-order chi connectivity index (χ0) is 13.7. The van der Waals surface area contributed by atoms with Crippen molar-refractivity contribution in [3.63, 3.8) is 0 Å². The molecule has 0 aliphatic rings. The molecule has 4 heteroatoms. The minimum absolute atomic E-state index is 0.107. The molecule has 1 unspecified atom stereocenters. The van der Waals surface area contributed by atoms with Crippen LogP contribution in [0.1, 0.15) is 43.6 Å². The lowest BCUT2D eigenvalue weighted by molar-refractivity contribution is 0.609. The van der Waals surface area contributed by atoms with Crippen molar-refractivity contribution in [2.45, 2.75) is 33.2 Å². The second-order valence-electron chi connectivity index (χ2n) is 5.23. The number of rotatable bonds is 6. The van der Waals surface area contributed by atoms with Crippen molar-refractivity contribution in [3.05, 3.63) is 47.3 Å². The van der Waals surface area contributed by atoms with Crippen LogP contribution in [0.15, 0.2) is 30.5 Å². The van der Waals surface area contributed by atoms with Gasteiger partial charge in [-0.05, 0) is 30.0 Å². The Labute approximate surface area is 114 Å². The van der Waals surface area contributed by atoms with E-state index in [0.29, 0.717) is 5.92 Å². The van der Waals surface area contributed by atoms with Crippen LogP contribution in [0.4, 0.5) is 0 Å². The second-order valence-corrected chi connectivity index (χ2v) is 5.23. The molecule has 0 fully saturated rings. The standard InChI is InChI=1S/C15H22N4/c1-4-16-15(14-10-17-19-18-14)13-7-5-6-12(9-13)8-11(2)3/h5-7,9-11,15-16H,4,8H2,1-3H3,(H,17,18,19). The second kappa shape index (κ2) is 6.48. The first kappa shape index (κ1) is 13.7. The van der Waals surface area contributed by atoms with Gasteiger partial charge in [0.25, 0.3) is 0 Å². The van der Waals surface area contributed by atoms with Gasteiger partial charge in [0.05, 0.1) is 12.2 Å².